The van der Waals surface area contributed by atoms with E-state index in [2.05, 4.69) is 4.90 Å². The summed E-state index contributed by atoms with van der Waals surface area (Å²) in [5.74, 6) is 0.705. The molecule has 3 heterocycles. The summed E-state index contributed by atoms with van der Waals surface area (Å²) in [6, 6.07) is 3.75. The molecule has 0 spiro atoms. The van der Waals surface area contributed by atoms with Crippen LogP contribution in [0.3, 0.4) is 0 Å². The van der Waals surface area contributed by atoms with E-state index in [0.29, 0.717) is 19.4 Å². The fraction of sp³-hybridized carbons (Fsp3) is 0.667. The predicted octanol–water partition coefficient (Wildman–Crippen LogP) is 1.40. The van der Waals surface area contributed by atoms with Crippen molar-refractivity contribution in [3.05, 3.63) is 24.2 Å². The van der Waals surface area contributed by atoms with Crippen molar-refractivity contribution >= 4 is 5.91 Å². The van der Waals surface area contributed by atoms with Gasteiger partial charge in [-0.3, -0.25) is 4.79 Å². The molecule has 2 aliphatic rings. The molecule has 0 aliphatic carbocycles. The number of nitrogens with zero attached hydrogens (tertiary/aromatic N) is 2. The maximum Gasteiger partial charge on any atom is 0.255 e. The Morgan fingerprint density at radius 2 is 2.15 bits per heavy atom. The van der Waals surface area contributed by atoms with Gasteiger partial charge < -0.3 is 19.3 Å². The van der Waals surface area contributed by atoms with Gasteiger partial charge in [-0.25, -0.2) is 0 Å². The van der Waals surface area contributed by atoms with E-state index in [0.717, 1.165) is 31.7 Å². The highest BCUT2D eigenvalue weighted by molar-refractivity contribution is 5.85. The van der Waals surface area contributed by atoms with Gasteiger partial charge in [0.25, 0.3) is 5.91 Å². The molecule has 2 aliphatic heterocycles. The minimum atomic E-state index is -1.19. The lowest BCUT2D eigenvalue weighted by atomic mass is 9.89. The van der Waals surface area contributed by atoms with Gasteiger partial charge in [-0.15, -0.1) is 0 Å². The zero-order chi connectivity index (χ0) is 14.2. The fourth-order valence-electron chi connectivity index (χ4n) is 3.26. The molecule has 0 bridgehead atoms. The zero-order valence-electron chi connectivity index (χ0n) is 11.9. The number of likely N-dealkylation sites (tertiary alicyclic amines) is 2. The predicted molar refractivity (Wildman–Crippen MR) is 74.1 cm³/mol. The van der Waals surface area contributed by atoms with Crippen molar-refractivity contribution in [1.29, 1.82) is 0 Å². The highest BCUT2D eigenvalue weighted by Gasteiger charge is 2.45. The number of hydrogen-bond acceptors (Lipinski definition) is 4. The SMILES string of the molecule is CN1CCC(O)(C(=O)N2CCCC2c2ccco2)CC1. The van der Waals surface area contributed by atoms with Gasteiger partial charge in [-0.1, -0.05) is 0 Å². The highest BCUT2D eigenvalue weighted by atomic mass is 16.3. The van der Waals surface area contributed by atoms with Crippen LogP contribution in [-0.2, 0) is 4.79 Å². The van der Waals surface area contributed by atoms with Crippen molar-refractivity contribution < 1.29 is 14.3 Å². The van der Waals surface area contributed by atoms with Gasteiger partial charge in [-0.2, -0.15) is 0 Å². The monoisotopic (exact) mass is 278 g/mol. The number of hydrogen-bond donors (Lipinski definition) is 1. The molecule has 3 rings (SSSR count). The Morgan fingerprint density at radius 3 is 2.80 bits per heavy atom. The van der Waals surface area contributed by atoms with Crippen molar-refractivity contribution in [2.24, 2.45) is 0 Å². The van der Waals surface area contributed by atoms with E-state index in [-0.39, 0.29) is 11.9 Å². The summed E-state index contributed by atoms with van der Waals surface area (Å²) in [5, 5.41) is 10.7. The standard InChI is InChI=1S/C15H22N2O3/c1-16-9-6-15(19,7-10-16)14(18)17-8-2-4-12(17)13-5-3-11-20-13/h3,5,11-12,19H,2,4,6-10H2,1H3. The van der Waals surface area contributed by atoms with E-state index in [9.17, 15) is 9.90 Å². The lowest BCUT2D eigenvalue weighted by molar-refractivity contribution is -0.157. The Balaban J connectivity index is 1.76. The zero-order valence-corrected chi connectivity index (χ0v) is 11.9. The molecule has 1 aromatic rings. The molecule has 2 fully saturated rings. The number of aliphatic hydroxyl groups is 1. The minimum Gasteiger partial charge on any atom is -0.467 e. The average Bonchev–Trinajstić information content (AvgIpc) is 3.10. The van der Waals surface area contributed by atoms with Crippen molar-refractivity contribution in [3.63, 3.8) is 0 Å². The van der Waals surface area contributed by atoms with Gasteiger partial charge in [0.1, 0.15) is 11.4 Å². The van der Waals surface area contributed by atoms with Crippen LogP contribution in [0.4, 0.5) is 0 Å². The number of piperidine rings is 1. The number of carbonyl (C=O) groups is 1. The van der Waals surface area contributed by atoms with Crippen LogP contribution in [0.5, 0.6) is 0 Å². The molecule has 5 nitrogen and oxygen atoms in total. The van der Waals surface area contributed by atoms with Crippen molar-refractivity contribution in [3.8, 4) is 0 Å². The third-order valence-electron chi connectivity index (χ3n) is 4.60. The molecule has 2 saturated heterocycles. The van der Waals surface area contributed by atoms with Crippen LogP contribution in [0.1, 0.15) is 37.5 Å². The number of furan rings is 1. The molecular formula is C15H22N2O3. The molecule has 1 aromatic heterocycles. The summed E-state index contributed by atoms with van der Waals surface area (Å²) in [5.41, 5.74) is -1.19. The first kappa shape index (κ1) is 13.6. The quantitative estimate of drug-likeness (QED) is 0.888. The Kier molecular flexibility index (Phi) is 3.56. The van der Waals surface area contributed by atoms with Crippen molar-refractivity contribution in [2.75, 3.05) is 26.7 Å². The average molecular weight is 278 g/mol. The third kappa shape index (κ3) is 2.36. The van der Waals surface area contributed by atoms with Gasteiger partial charge in [-0.05, 0) is 44.9 Å². The Morgan fingerprint density at radius 1 is 1.40 bits per heavy atom. The summed E-state index contributed by atoms with van der Waals surface area (Å²) in [6.45, 7) is 2.24. The number of rotatable bonds is 2. The van der Waals surface area contributed by atoms with Crippen LogP contribution in [0.15, 0.2) is 22.8 Å². The molecule has 1 amide bonds. The largest absolute Gasteiger partial charge is 0.467 e. The van der Waals surface area contributed by atoms with E-state index in [1.807, 2.05) is 24.1 Å². The second kappa shape index (κ2) is 5.22. The maximum atomic E-state index is 12.8. The smallest absolute Gasteiger partial charge is 0.255 e. The van der Waals surface area contributed by atoms with E-state index in [1.54, 1.807) is 6.26 Å². The molecule has 0 aromatic carbocycles. The summed E-state index contributed by atoms with van der Waals surface area (Å²) < 4.78 is 5.45. The van der Waals surface area contributed by atoms with Crippen molar-refractivity contribution in [2.45, 2.75) is 37.3 Å². The van der Waals surface area contributed by atoms with Crippen molar-refractivity contribution in [1.82, 2.24) is 9.80 Å². The van der Waals surface area contributed by atoms with E-state index < -0.39 is 5.60 Å². The summed E-state index contributed by atoms with van der Waals surface area (Å²) in [4.78, 5) is 16.7. The summed E-state index contributed by atoms with van der Waals surface area (Å²) in [7, 11) is 2.02. The molecular weight excluding hydrogens is 256 g/mol. The Bertz CT molecular complexity index is 463. The highest BCUT2D eigenvalue weighted by Crippen LogP contribution is 2.36. The Labute approximate surface area is 119 Å². The second-order valence-corrected chi connectivity index (χ2v) is 6.01. The van der Waals surface area contributed by atoms with Gasteiger partial charge in [0, 0.05) is 19.6 Å². The Hall–Kier alpha value is -1.33. The molecule has 1 N–H and O–H groups in total. The maximum absolute atomic E-state index is 12.8. The molecule has 1 atom stereocenters. The first-order valence-electron chi connectivity index (χ1n) is 7.35. The topological polar surface area (TPSA) is 56.9 Å². The lowest BCUT2D eigenvalue weighted by Gasteiger charge is -2.38. The lowest BCUT2D eigenvalue weighted by Crippen LogP contribution is -2.54. The van der Waals surface area contributed by atoms with Gasteiger partial charge in [0.15, 0.2) is 0 Å². The summed E-state index contributed by atoms with van der Waals surface area (Å²) >= 11 is 0. The van der Waals surface area contributed by atoms with E-state index in [1.165, 1.54) is 0 Å². The molecule has 20 heavy (non-hydrogen) atoms. The van der Waals surface area contributed by atoms with Crippen LogP contribution in [-0.4, -0.2) is 53.1 Å². The van der Waals surface area contributed by atoms with Gasteiger partial charge >= 0.3 is 0 Å². The normalized spacial score (nSPS) is 26.9. The third-order valence-corrected chi connectivity index (χ3v) is 4.60. The van der Waals surface area contributed by atoms with E-state index in [4.69, 9.17) is 4.42 Å². The molecule has 0 saturated carbocycles. The molecule has 5 heteroatoms. The minimum absolute atomic E-state index is 0.0128. The van der Waals surface area contributed by atoms with Crippen LogP contribution in [0, 0.1) is 0 Å². The first-order valence-corrected chi connectivity index (χ1v) is 7.35. The van der Waals surface area contributed by atoms with Crippen LogP contribution < -0.4 is 0 Å². The number of amides is 1. The van der Waals surface area contributed by atoms with Gasteiger partial charge in [0.05, 0.1) is 12.3 Å². The van der Waals surface area contributed by atoms with Crippen LogP contribution in [0.2, 0.25) is 0 Å². The van der Waals surface area contributed by atoms with Crippen LogP contribution >= 0.6 is 0 Å². The first-order chi connectivity index (χ1) is 9.60. The van der Waals surface area contributed by atoms with E-state index >= 15 is 0 Å². The van der Waals surface area contributed by atoms with Crippen LogP contribution in [0.25, 0.3) is 0 Å². The number of carbonyl (C=O) groups excluding carboxylic acids is 1. The molecule has 1 unspecified atom stereocenters. The second-order valence-electron chi connectivity index (χ2n) is 6.01. The van der Waals surface area contributed by atoms with Gasteiger partial charge in [0.2, 0.25) is 0 Å². The molecule has 110 valence electrons. The summed E-state index contributed by atoms with van der Waals surface area (Å²) in [6.07, 6.45) is 4.55. The fourth-order valence-corrected chi connectivity index (χ4v) is 3.26. The molecule has 0 radical (unpaired) electrons.